The zero-order valence-electron chi connectivity index (χ0n) is 21.5. The largest absolute Gasteiger partial charge is 0.493 e. The molecule has 1 N–H and O–H groups in total. The van der Waals surface area contributed by atoms with E-state index >= 15 is 0 Å². The molecule has 1 atom stereocenters. The van der Waals surface area contributed by atoms with Crippen LogP contribution in [0.1, 0.15) is 12.5 Å². The molecule has 2 amide bonds. The van der Waals surface area contributed by atoms with Crippen molar-refractivity contribution in [2.24, 2.45) is 0 Å². The number of amides is 2. The van der Waals surface area contributed by atoms with E-state index in [2.05, 4.69) is 5.32 Å². The van der Waals surface area contributed by atoms with Gasteiger partial charge in [-0.3, -0.25) is 13.9 Å². The molecule has 11 heteroatoms. The van der Waals surface area contributed by atoms with Gasteiger partial charge in [0.2, 0.25) is 11.8 Å². The number of methoxy groups -OCH3 is 2. The fourth-order valence-electron chi connectivity index (χ4n) is 3.83. The molecule has 0 unspecified atom stereocenters. The van der Waals surface area contributed by atoms with Gasteiger partial charge < -0.3 is 19.7 Å². The number of hydrogen-bond acceptors (Lipinski definition) is 6. The summed E-state index contributed by atoms with van der Waals surface area (Å²) in [5.41, 5.74) is 0.896. The lowest BCUT2D eigenvalue weighted by Crippen LogP contribution is -2.50. The van der Waals surface area contributed by atoms with Gasteiger partial charge in [0.15, 0.2) is 11.5 Å². The predicted octanol–water partition coefficient (Wildman–Crippen LogP) is 3.72. The summed E-state index contributed by atoms with van der Waals surface area (Å²) in [6, 6.07) is 18.5. The van der Waals surface area contributed by atoms with E-state index in [0.717, 1.165) is 4.31 Å². The van der Waals surface area contributed by atoms with E-state index in [9.17, 15) is 18.0 Å². The molecule has 0 bridgehead atoms. The van der Waals surface area contributed by atoms with E-state index < -0.39 is 34.4 Å². The van der Waals surface area contributed by atoms with Crippen LogP contribution in [0.25, 0.3) is 0 Å². The number of nitrogens with zero attached hydrogens (tertiary/aromatic N) is 2. The van der Waals surface area contributed by atoms with Crippen LogP contribution in [0.4, 0.5) is 5.69 Å². The number of nitrogens with one attached hydrogen (secondary N) is 1. The first-order chi connectivity index (χ1) is 18.1. The smallest absolute Gasteiger partial charge is 0.264 e. The Labute approximate surface area is 228 Å². The fraction of sp³-hybridized carbons (Fsp3) is 0.259. The third-order valence-electron chi connectivity index (χ3n) is 5.98. The average molecular weight is 560 g/mol. The first-order valence-electron chi connectivity index (χ1n) is 11.7. The maximum Gasteiger partial charge on any atom is 0.264 e. The second-order valence-corrected chi connectivity index (χ2v) is 10.5. The van der Waals surface area contributed by atoms with Crippen LogP contribution in [0.3, 0.4) is 0 Å². The quantitative estimate of drug-likeness (QED) is 0.384. The van der Waals surface area contributed by atoms with Crippen LogP contribution in [0.2, 0.25) is 5.02 Å². The molecule has 9 nitrogen and oxygen atoms in total. The second kappa shape index (κ2) is 12.7. The molecule has 0 radical (unpaired) electrons. The number of halogens is 1. The Kier molecular flexibility index (Phi) is 9.60. The van der Waals surface area contributed by atoms with Crippen molar-refractivity contribution in [1.82, 2.24) is 10.2 Å². The van der Waals surface area contributed by atoms with Crippen molar-refractivity contribution in [2.45, 2.75) is 24.4 Å². The lowest BCUT2D eigenvalue weighted by Gasteiger charge is -2.32. The number of benzene rings is 3. The summed E-state index contributed by atoms with van der Waals surface area (Å²) in [7, 11) is 0.0668. The predicted molar refractivity (Wildman–Crippen MR) is 146 cm³/mol. The minimum Gasteiger partial charge on any atom is -0.493 e. The molecule has 3 aromatic carbocycles. The maximum atomic E-state index is 13.9. The number of likely N-dealkylation sites (N-methyl/N-ethyl adjacent to an activating group) is 1. The van der Waals surface area contributed by atoms with Crippen molar-refractivity contribution >= 4 is 39.1 Å². The number of anilines is 1. The number of carbonyl (C=O) groups excluding carboxylic acids is 2. The molecule has 0 fully saturated rings. The molecule has 0 saturated carbocycles. The van der Waals surface area contributed by atoms with Crippen LogP contribution >= 0.6 is 11.6 Å². The number of para-hydroxylation sites is 1. The molecule has 0 heterocycles. The molecule has 3 rings (SSSR count). The van der Waals surface area contributed by atoms with E-state index in [1.54, 1.807) is 61.5 Å². The first kappa shape index (κ1) is 28.8. The van der Waals surface area contributed by atoms with E-state index in [4.69, 9.17) is 21.1 Å². The van der Waals surface area contributed by atoms with E-state index in [1.165, 1.54) is 44.4 Å². The molecule has 0 aliphatic carbocycles. The van der Waals surface area contributed by atoms with Crippen molar-refractivity contribution in [1.29, 1.82) is 0 Å². The molecule has 0 saturated heterocycles. The van der Waals surface area contributed by atoms with Crippen LogP contribution in [0.15, 0.2) is 77.7 Å². The van der Waals surface area contributed by atoms with Gasteiger partial charge in [0.1, 0.15) is 12.6 Å². The fourth-order valence-corrected chi connectivity index (χ4v) is 5.45. The highest BCUT2D eigenvalue weighted by atomic mass is 35.5. The van der Waals surface area contributed by atoms with Gasteiger partial charge in [-0.2, -0.15) is 0 Å². The lowest BCUT2D eigenvalue weighted by molar-refractivity contribution is -0.139. The number of carbonyl (C=O) groups is 2. The van der Waals surface area contributed by atoms with Crippen LogP contribution < -0.4 is 19.1 Å². The van der Waals surface area contributed by atoms with Crippen molar-refractivity contribution in [3.8, 4) is 11.5 Å². The molecule has 202 valence electrons. The standard InChI is InChI=1S/C27H30ClN3O6S/c1-19(27(33)29-2)30(17-20-10-8-9-13-23(20)28)26(32)18-31(21-11-6-5-7-12-21)38(34,35)22-14-15-24(36-3)25(16-22)37-4/h5-16,19H,17-18H2,1-4H3,(H,29,33)/t19-/m0/s1. The maximum absolute atomic E-state index is 13.9. The Morgan fingerprint density at radius 3 is 2.18 bits per heavy atom. The number of sulfonamides is 1. The highest BCUT2D eigenvalue weighted by Crippen LogP contribution is 2.32. The van der Waals surface area contributed by atoms with Crippen molar-refractivity contribution in [3.63, 3.8) is 0 Å². The molecule has 0 spiro atoms. The number of ether oxygens (including phenoxy) is 2. The van der Waals surface area contributed by atoms with Crippen molar-refractivity contribution in [3.05, 3.63) is 83.4 Å². The van der Waals surface area contributed by atoms with Gasteiger partial charge in [-0.05, 0) is 42.8 Å². The Balaban J connectivity index is 2.05. The summed E-state index contributed by atoms with van der Waals surface area (Å²) >= 11 is 6.33. The molecule has 0 aromatic heterocycles. The molecule has 38 heavy (non-hydrogen) atoms. The average Bonchev–Trinajstić information content (AvgIpc) is 2.94. The Morgan fingerprint density at radius 1 is 0.947 bits per heavy atom. The molecule has 0 aliphatic rings. The second-order valence-electron chi connectivity index (χ2n) is 8.27. The normalized spacial score (nSPS) is 11.8. The van der Waals surface area contributed by atoms with Gasteiger partial charge >= 0.3 is 0 Å². The molecule has 0 aliphatic heterocycles. The Morgan fingerprint density at radius 2 is 1.58 bits per heavy atom. The highest BCUT2D eigenvalue weighted by Gasteiger charge is 2.33. The van der Waals surface area contributed by atoms with Crippen LogP contribution in [0, 0.1) is 0 Å². The van der Waals surface area contributed by atoms with E-state index in [0.29, 0.717) is 16.3 Å². The Hall–Kier alpha value is -3.76. The van der Waals surface area contributed by atoms with E-state index in [1.807, 2.05) is 0 Å². The molecule has 3 aromatic rings. The Bertz CT molecular complexity index is 1380. The third kappa shape index (κ3) is 6.38. The lowest BCUT2D eigenvalue weighted by atomic mass is 10.1. The van der Waals surface area contributed by atoms with Crippen molar-refractivity contribution in [2.75, 3.05) is 32.1 Å². The highest BCUT2D eigenvalue weighted by molar-refractivity contribution is 7.92. The van der Waals surface area contributed by atoms with Gasteiger partial charge in [0.05, 0.1) is 24.8 Å². The van der Waals surface area contributed by atoms with Gasteiger partial charge in [0.25, 0.3) is 10.0 Å². The minimum absolute atomic E-state index is 0.00608. The van der Waals surface area contributed by atoms with Crippen LogP contribution in [0.5, 0.6) is 11.5 Å². The zero-order chi connectivity index (χ0) is 27.9. The molecular formula is C27H30ClN3O6S. The van der Waals surface area contributed by atoms with E-state index in [-0.39, 0.29) is 22.9 Å². The number of rotatable bonds is 11. The summed E-state index contributed by atoms with van der Waals surface area (Å²) in [6.07, 6.45) is 0. The van der Waals surface area contributed by atoms with Gasteiger partial charge in [0, 0.05) is 24.7 Å². The molecular weight excluding hydrogens is 530 g/mol. The summed E-state index contributed by atoms with van der Waals surface area (Å²) in [6.45, 7) is 1.02. The summed E-state index contributed by atoms with van der Waals surface area (Å²) in [4.78, 5) is 27.5. The first-order valence-corrected chi connectivity index (χ1v) is 13.5. The minimum atomic E-state index is -4.25. The summed E-state index contributed by atoms with van der Waals surface area (Å²) in [5, 5.41) is 2.97. The third-order valence-corrected chi connectivity index (χ3v) is 8.12. The van der Waals surface area contributed by atoms with Crippen LogP contribution in [-0.2, 0) is 26.2 Å². The van der Waals surface area contributed by atoms with Gasteiger partial charge in [-0.25, -0.2) is 8.42 Å². The van der Waals surface area contributed by atoms with Crippen LogP contribution in [-0.4, -0.2) is 59.0 Å². The zero-order valence-corrected chi connectivity index (χ0v) is 23.1. The topological polar surface area (TPSA) is 105 Å². The summed E-state index contributed by atoms with van der Waals surface area (Å²) < 4.78 is 39.3. The SMILES string of the molecule is CNC(=O)[C@H](C)N(Cc1ccccc1Cl)C(=O)CN(c1ccccc1)S(=O)(=O)c1ccc(OC)c(OC)c1. The van der Waals surface area contributed by atoms with Gasteiger partial charge in [-0.15, -0.1) is 0 Å². The number of hydrogen-bond donors (Lipinski definition) is 1. The summed E-state index contributed by atoms with van der Waals surface area (Å²) in [5.74, 6) is -0.408. The van der Waals surface area contributed by atoms with Gasteiger partial charge in [-0.1, -0.05) is 48.0 Å². The van der Waals surface area contributed by atoms with Crippen molar-refractivity contribution < 1.29 is 27.5 Å². The monoisotopic (exact) mass is 559 g/mol.